The van der Waals surface area contributed by atoms with Crippen LogP contribution in [0.3, 0.4) is 0 Å². The third-order valence-electron chi connectivity index (χ3n) is 6.04. The van der Waals surface area contributed by atoms with Crippen molar-refractivity contribution in [1.82, 2.24) is 10.2 Å². The summed E-state index contributed by atoms with van der Waals surface area (Å²) in [5, 5.41) is 8.57. The zero-order chi connectivity index (χ0) is 24.2. The van der Waals surface area contributed by atoms with Crippen molar-refractivity contribution in [1.29, 1.82) is 0 Å². The van der Waals surface area contributed by atoms with Crippen LogP contribution in [0.4, 0.5) is 16.2 Å². The highest BCUT2D eigenvalue weighted by Crippen LogP contribution is 2.32. The number of nitrogens with zero attached hydrogens (tertiary/aromatic N) is 1. The van der Waals surface area contributed by atoms with Crippen LogP contribution in [0.15, 0.2) is 42.5 Å². The molecule has 9 nitrogen and oxygen atoms in total. The van der Waals surface area contributed by atoms with E-state index in [0.29, 0.717) is 40.6 Å². The van der Waals surface area contributed by atoms with Crippen LogP contribution < -0.4 is 20.7 Å². The number of fused-ring (bicyclic) bond motifs is 2. The summed E-state index contributed by atoms with van der Waals surface area (Å²) in [4.78, 5) is 39.1. The molecule has 0 aliphatic carbocycles. The van der Waals surface area contributed by atoms with Crippen molar-refractivity contribution in [2.24, 2.45) is 0 Å². The van der Waals surface area contributed by atoms with Gasteiger partial charge in [0.25, 0.3) is 5.91 Å². The maximum Gasteiger partial charge on any atom is 0.323 e. The SMILES string of the molecule is CNC(=O)C[C@@H]1CC[C@@H]2[C@H](COc3ccc(NC(=O)Nc4cccc(Cl)c4)cc3C(=O)N2C)O1. The Kier molecular flexibility index (Phi) is 7.23. The van der Waals surface area contributed by atoms with Gasteiger partial charge in [-0.25, -0.2) is 4.79 Å². The average Bonchev–Trinajstić information content (AvgIpc) is 2.81. The summed E-state index contributed by atoms with van der Waals surface area (Å²) in [6, 6.07) is 11.1. The van der Waals surface area contributed by atoms with E-state index < -0.39 is 6.03 Å². The molecule has 2 aromatic rings. The highest BCUT2D eigenvalue weighted by atomic mass is 35.5. The number of hydrogen-bond acceptors (Lipinski definition) is 5. The number of halogens is 1. The predicted molar refractivity (Wildman–Crippen MR) is 128 cm³/mol. The van der Waals surface area contributed by atoms with Gasteiger partial charge in [-0.05, 0) is 49.2 Å². The topological polar surface area (TPSA) is 109 Å². The van der Waals surface area contributed by atoms with Gasteiger partial charge in [0, 0.05) is 30.5 Å². The van der Waals surface area contributed by atoms with E-state index in [0.717, 1.165) is 0 Å². The number of nitrogens with one attached hydrogen (secondary N) is 3. The minimum atomic E-state index is -0.460. The largest absolute Gasteiger partial charge is 0.490 e. The standard InChI is InChI=1S/C24H27ClN4O5/c1-26-22(30)12-17-7-8-19-21(34-17)13-33-20-9-6-16(11-18(20)23(31)29(19)2)28-24(32)27-15-5-3-4-14(25)10-15/h3-6,9-11,17,19,21H,7-8,12-13H2,1-2H3,(H,26,30)(H2,27,28,32)/t17-,19+,21-/m0/s1. The van der Waals surface area contributed by atoms with E-state index in [1.165, 1.54) is 0 Å². The van der Waals surface area contributed by atoms with Gasteiger partial charge in [0.15, 0.2) is 0 Å². The zero-order valence-electron chi connectivity index (χ0n) is 19.0. The van der Waals surface area contributed by atoms with Crippen LogP contribution in [0.2, 0.25) is 5.02 Å². The van der Waals surface area contributed by atoms with Gasteiger partial charge in [0.1, 0.15) is 18.5 Å². The number of benzene rings is 2. The van der Waals surface area contributed by atoms with Crippen LogP contribution in [0.1, 0.15) is 29.6 Å². The molecule has 3 N–H and O–H groups in total. The summed E-state index contributed by atoms with van der Waals surface area (Å²) in [5.74, 6) is 0.106. The fourth-order valence-corrected chi connectivity index (χ4v) is 4.46. The smallest absolute Gasteiger partial charge is 0.323 e. The molecule has 2 aliphatic rings. The quantitative estimate of drug-likeness (QED) is 0.613. The summed E-state index contributed by atoms with van der Waals surface area (Å²) in [5.41, 5.74) is 1.36. The lowest BCUT2D eigenvalue weighted by atomic mass is 9.94. The molecule has 0 spiro atoms. The highest BCUT2D eigenvalue weighted by Gasteiger charge is 2.39. The number of urea groups is 1. The Hall–Kier alpha value is -3.30. The average molecular weight is 487 g/mol. The first-order valence-corrected chi connectivity index (χ1v) is 11.5. The van der Waals surface area contributed by atoms with Crippen LogP contribution in [0.5, 0.6) is 5.75 Å². The Morgan fingerprint density at radius 3 is 2.62 bits per heavy atom. The number of carbonyl (C=O) groups excluding carboxylic acids is 3. The Labute approximate surface area is 202 Å². The number of rotatable bonds is 4. The fraction of sp³-hybridized carbons (Fsp3) is 0.375. The van der Waals surface area contributed by atoms with E-state index in [1.54, 1.807) is 61.5 Å². The lowest BCUT2D eigenvalue weighted by Gasteiger charge is -2.42. The molecule has 1 fully saturated rings. The Balaban J connectivity index is 1.47. The van der Waals surface area contributed by atoms with Gasteiger partial charge in [0.2, 0.25) is 5.91 Å². The second-order valence-corrected chi connectivity index (χ2v) is 8.78. The molecule has 180 valence electrons. The summed E-state index contributed by atoms with van der Waals surface area (Å²) < 4.78 is 12.1. The first-order chi connectivity index (χ1) is 16.3. The Bertz CT molecular complexity index is 1090. The molecule has 34 heavy (non-hydrogen) atoms. The van der Waals surface area contributed by atoms with Crippen molar-refractivity contribution >= 4 is 40.8 Å². The van der Waals surface area contributed by atoms with E-state index in [1.807, 2.05) is 0 Å². The first-order valence-electron chi connectivity index (χ1n) is 11.1. The predicted octanol–water partition coefficient (Wildman–Crippen LogP) is 3.50. The second-order valence-electron chi connectivity index (χ2n) is 8.35. The van der Waals surface area contributed by atoms with Crippen LogP contribution in [-0.2, 0) is 9.53 Å². The maximum atomic E-state index is 13.3. The molecule has 1 saturated heterocycles. The molecule has 0 bridgehead atoms. The molecule has 0 radical (unpaired) electrons. The zero-order valence-corrected chi connectivity index (χ0v) is 19.7. The molecule has 10 heteroatoms. The van der Waals surface area contributed by atoms with Crippen molar-refractivity contribution in [3.63, 3.8) is 0 Å². The van der Waals surface area contributed by atoms with Crippen LogP contribution in [0.25, 0.3) is 0 Å². The minimum absolute atomic E-state index is 0.0792. The van der Waals surface area contributed by atoms with Gasteiger partial charge in [0.05, 0.1) is 24.1 Å². The molecule has 2 heterocycles. The van der Waals surface area contributed by atoms with Crippen molar-refractivity contribution in [3.05, 3.63) is 53.1 Å². The van der Waals surface area contributed by atoms with Gasteiger partial charge in [-0.3, -0.25) is 9.59 Å². The van der Waals surface area contributed by atoms with Crippen LogP contribution in [0, 0.1) is 0 Å². The Morgan fingerprint density at radius 1 is 1.12 bits per heavy atom. The number of anilines is 2. The Morgan fingerprint density at radius 2 is 1.88 bits per heavy atom. The van der Waals surface area contributed by atoms with Gasteiger partial charge in [-0.15, -0.1) is 0 Å². The van der Waals surface area contributed by atoms with Crippen molar-refractivity contribution in [3.8, 4) is 5.75 Å². The molecule has 0 aromatic heterocycles. The van der Waals surface area contributed by atoms with Crippen molar-refractivity contribution in [2.45, 2.75) is 37.5 Å². The number of likely N-dealkylation sites (N-methyl/N-ethyl adjacent to an activating group) is 1. The van der Waals surface area contributed by atoms with Crippen LogP contribution >= 0.6 is 11.6 Å². The van der Waals surface area contributed by atoms with Crippen LogP contribution in [-0.4, -0.2) is 61.7 Å². The third kappa shape index (κ3) is 5.43. The molecular formula is C24H27ClN4O5. The van der Waals surface area contributed by atoms with E-state index in [2.05, 4.69) is 16.0 Å². The van der Waals surface area contributed by atoms with Gasteiger partial charge >= 0.3 is 6.03 Å². The second kappa shape index (κ2) is 10.3. The number of hydrogen-bond donors (Lipinski definition) is 3. The summed E-state index contributed by atoms with van der Waals surface area (Å²) >= 11 is 5.96. The monoisotopic (exact) mass is 486 g/mol. The summed E-state index contributed by atoms with van der Waals surface area (Å²) in [7, 11) is 3.34. The van der Waals surface area contributed by atoms with Crippen molar-refractivity contribution in [2.75, 3.05) is 31.3 Å². The minimum Gasteiger partial charge on any atom is -0.490 e. The van der Waals surface area contributed by atoms with E-state index in [-0.39, 0.29) is 43.1 Å². The van der Waals surface area contributed by atoms with E-state index in [4.69, 9.17) is 21.1 Å². The molecular weight excluding hydrogens is 460 g/mol. The van der Waals surface area contributed by atoms with Crippen molar-refractivity contribution < 1.29 is 23.9 Å². The molecule has 4 amide bonds. The molecule has 0 unspecified atom stereocenters. The highest BCUT2D eigenvalue weighted by molar-refractivity contribution is 6.30. The number of carbonyl (C=O) groups is 3. The number of ether oxygens (including phenoxy) is 2. The molecule has 2 aliphatic heterocycles. The lowest BCUT2D eigenvalue weighted by molar-refractivity contribution is -0.133. The fourth-order valence-electron chi connectivity index (χ4n) is 4.27. The molecule has 2 aromatic carbocycles. The number of amides is 4. The van der Waals surface area contributed by atoms with E-state index in [9.17, 15) is 14.4 Å². The molecule has 4 rings (SSSR count). The lowest BCUT2D eigenvalue weighted by Crippen LogP contribution is -2.53. The van der Waals surface area contributed by atoms with Gasteiger partial charge in [-0.2, -0.15) is 0 Å². The summed E-state index contributed by atoms with van der Waals surface area (Å²) in [6.07, 6.45) is 1.10. The first kappa shape index (κ1) is 23.8. The molecule has 3 atom stereocenters. The third-order valence-corrected chi connectivity index (χ3v) is 6.28. The summed E-state index contributed by atoms with van der Waals surface area (Å²) in [6.45, 7) is 0.252. The van der Waals surface area contributed by atoms with Gasteiger partial charge in [-0.1, -0.05) is 17.7 Å². The molecule has 0 saturated carbocycles. The maximum absolute atomic E-state index is 13.3. The van der Waals surface area contributed by atoms with Gasteiger partial charge < -0.3 is 30.3 Å². The van der Waals surface area contributed by atoms with E-state index >= 15 is 0 Å². The normalized spacial score (nSPS) is 21.8.